The molecule has 1 aliphatic rings. The van der Waals surface area contributed by atoms with Crippen LogP contribution < -0.4 is 5.32 Å². The molecule has 2 rings (SSSR count). The number of phenols is 1. The average Bonchev–Trinajstić information content (AvgIpc) is 2.78. The maximum Gasteiger partial charge on any atom is 0.317 e. The van der Waals surface area contributed by atoms with E-state index >= 15 is 0 Å². The van der Waals surface area contributed by atoms with Gasteiger partial charge in [0.1, 0.15) is 5.75 Å². The van der Waals surface area contributed by atoms with Crippen LogP contribution in [-0.2, 0) is 0 Å². The van der Waals surface area contributed by atoms with Crippen LogP contribution in [0.1, 0.15) is 6.42 Å². The number of hydrogen-bond acceptors (Lipinski definition) is 3. The van der Waals surface area contributed by atoms with Crippen molar-refractivity contribution >= 4 is 29.2 Å². The van der Waals surface area contributed by atoms with Crippen LogP contribution >= 0.6 is 23.2 Å². The topological polar surface area (TPSA) is 72.8 Å². The molecule has 0 aromatic heterocycles. The van der Waals surface area contributed by atoms with Gasteiger partial charge in [0.2, 0.25) is 0 Å². The molecule has 0 unspecified atom stereocenters. The molecule has 0 atom stereocenters. The number of benzene rings is 1. The molecule has 1 heterocycles. The minimum absolute atomic E-state index is 0.00606. The van der Waals surface area contributed by atoms with Gasteiger partial charge in [-0.15, -0.1) is 0 Å². The van der Waals surface area contributed by atoms with Crippen molar-refractivity contribution in [3.63, 3.8) is 0 Å². The zero-order valence-electron chi connectivity index (χ0n) is 10.3. The normalized spacial score (nSPS) is 13.8. The molecule has 0 saturated carbocycles. The van der Waals surface area contributed by atoms with Crippen LogP contribution in [0.3, 0.4) is 0 Å². The number of urea groups is 1. The van der Waals surface area contributed by atoms with Crippen molar-refractivity contribution in [1.29, 1.82) is 0 Å². The number of amides is 2. The smallest absolute Gasteiger partial charge is 0.317 e. The number of nitrogens with one attached hydrogen (secondary N) is 1. The number of aliphatic hydroxyl groups excluding tert-OH is 1. The van der Waals surface area contributed by atoms with Crippen molar-refractivity contribution in [3.05, 3.63) is 28.2 Å². The van der Waals surface area contributed by atoms with Crippen molar-refractivity contribution in [1.82, 2.24) is 10.2 Å². The zero-order valence-corrected chi connectivity index (χ0v) is 11.8. The summed E-state index contributed by atoms with van der Waals surface area (Å²) in [5, 5.41) is 20.8. The lowest BCUT2D eigenvalue weighted by Crippen LogP contribution is -2.29. The first kappa shape index (κ1) is 15.9. The first-order valence-electron chi connectivity index (χ1n) is 5.82. The van der Waals surface area contributed by atoms with Gasteiger partial charge in [-0.3, -0.25) is 0 Å². The molecule has 1 aromatic rings. The van der Waals surface area contributed by atoms with Crippen LogP contribution in [0, 0.1) is 0 Å². The largest absolute Gasteiger partial charge is 0.508 e. The number of rotatable bonds is 3. The van der Waals surface area contributed by atoms with E-state index in [0.29, 0.717) is 23.0 Å². The second-order valence-electron chi connectivity index (χ2n) is 3.89. The first-order chi connectivity index (χ1) is 9.04. The van der Waals surface area contributed by atoms with E-state index in [9.17, 15) is 4.79 Å². The number of nitrogens with zero attached hydrogens (tertiary/aromatic N) is 1. The van der Waals surface area contributed by atoms with E-state index in [-0.39, 0.29) is 18.4 Å². The predicted octanol–water partition coefficient (Wildman–Crippen LogP) is 2.09. The Morgan fingerprint density at radius 3 is 2.53 bits per heavy atom. The molecule has 2 amide bonds. The summed E-state index contributed by atoms with van der Waals surface area (Å²) in [6.07, 6.45) is 0.674. The maximum atomic E-state index is 10.8. The van der Waals surface area contributed by atoms with Gasteiger partial charge in [0.05, 0.1) is 10.0 Å². The molecule has 7 heteroatoms. The summed E-state index contributed by atoms with van der Waals surface area (Å²) >= 11 is 11.1. The molecule has 3 N–H and O–H groups in total. The van der Waals surface area contributed by atoms with Gasteiger partial charge in [-0.2, -0.15) is 0 Å². The van der Waals surface area contributed by atoms with E-state index in [2.05, 4.69) is 5.32 Å². The van der Waals surface area contributed by atoms with Gasteiger partial charge in [-0.25, -0.2) is 4.79 Å². The van der Waals surface area contributed by atoms with Gasteiger partial charge in [-0.1, -0.05) is 23.2 Å². The van der Waals surface area contributed by atoms with E-state index in [1.165, 1.54) is 12.1 Å². The molecule has 106 valence electrons. The Balaban J connectivity index is 0.000000191. The quantitative estimate of drug-likeness (QED) is 0.800. The summed E-state index contributed by atoms with van der Waals surface area (Å²) in [5.74, 6) is 0.129. The molecular weight excluding hydrogens is 291 g/mol. The van der Waals surface area contributed by atoms with E-state index < -0.39 is 0 Å². The molecule has 5 nitrogen and oxygen atoms in total. The van der Waals surface area contributed by atoms with Crippen molar-refractivity contribution in [2.24, 2.45) is 0 Å². The zero-order chi connectivity index (χ0) is 14.3. The van der Waals surface area contributed by atoms with Crippen LogP contribution in [0.4, 0.5) is 4.79 Å². The van der Waals surface area contributed by atoms with E-state index in [1.807, 2.05) is 0 Å². The summed E-state index contributed by atoms with van der Waals surface area (Å²) in [6, 6.07) is 4.41. The summed E-state index contributed by atoms with van der Waals surface area (Å²) < 4.78 is 0. The van der Waals surface area contributed by atoms with Gasteiger partial charge in [0.15, 0.2) is 0 Å². The Morgan fingerprint density at radius 2 is 2.05 bits per heavy atom. The van der Waals surface area contributed by atoms with Crippen LogP contribution in [0.5, 0.6) is 5.75 Å². The monoisotopic (exact) mass is 306 g/mol. The maximum absolute atomic E-state index is 10.8. The van der Waals surface area contributed by atoms with Gasteiger partial charge in [-0.05, 0) is 24.6 Å². The lowest BCUT2D eigenvalue weighted by molar-refractivity contribution is 0.209. The fourth-order valence-electron chi connectivity index (χ4n) is 1.47. The number of aliphatic hydroxyl groups is 1. The fraction of sp³-hybridized carbons (Fsp3) is 0.417. The summed E-state index contributed by atoms with van der Waals surface area (Å²) in [5.41, 5.74) is 0. The molecule has 0 bridgehead atoms. The molecule has 19 heavy (non-hydrogen) atoms. The van der Waals surface area contributed by atoms with Crippen molar-refractivity contribution in [2.45, 2.75) is 6.42 Å². The van der Waals surface area contributed by atoms with Gasteiger partial charge >= 0.3 is 6.03 Å². The van der Waals surface area contributed by atoms with Crippen molar-refractivity contribution in [2.75, 3.05) is 26.2 Å². The first-order valence-corrected chi connectivity index (χ1v) is 6.58. The molecule has 0 spiro atoms. The number of phenolic OH excluding ortho intramolecular Hbond substituents is 1. The van der Waals surface area contributed by atoms with Crippen molar-refractivity contribution < 1.29 is 15.0 Å². The number of carbonyl (C=O) groups is 1. The summed E-state index contributed by atoms with van der Waals surface area (Å²) in [4.78, 5) is 12.5. The minimum atomic E-state index is -0.00606. The summed E-state index contributed by atoms with van der Waals surface area (Å²) in [7, 11) is 0. The van der Waals surface area contributed by atoms with Gasteiger partial charge in [0.25, 0.3) is 0 Å². The third kappa shape index (κ3) is 5.55. The Morgan fingerprint density at radius 1 is 1.32 bits per heavy atom. The van der Waals surface area contributed by atoms with Crippen LogP contribution in [0.2, 0.25) is 10.0 Å². The number of aromatic hydroxyl groups is 1. The molecule has 0 aliphatic carbocycles. The Kier molecular flexibility index (Phi) is 6.77. The number of carbonyl (C=O) groups excluding carboxylic acids is 1. The van der Waals surface area contributed by atoms with Crippen molar-refractivity contribution in [3.8, 4) is 5.75 Å². The predicted molar refractivity (Wildman–Crippen MR) is 74.8 cm³/mol. The molecular formula is C12H16Cl2N2O3. The second kappa shape index (κ2) is 8.09. The van der Waals surface area contributed by atoms with Gasteiger partial charge in [0, 0.05) is 26.2 Å². The fourth-order valence-corrected chi connectivity index (χ4v) is 1.76. The van der Waals surface area contributed by atoms with E-state index in [4.69, 9.17) is 33.4 Å². The number of halogens is 2. The highest BCUT2D eigenvalue weighted by atomic mass is 35.5. The standard InChI is InChI=1S/C6H4Cl2O.C6H12N2O2/c7-5-2-1-4(9)3-6(5)8;9-5-1-3-8-4-2-7-6(8)10/h1-3,9H;9H,1-5H2,(H,7,10). The Bertz CT molecular complexity index is 429. The SMILES string of the molecule is O=C1NCCN1CCCO.Oc1ccc(Cl)c(Cl)c1. The molecule has 1 aromatic carbocycles. The highest BCUT2D eigenvalue weighted by Crippen LogP contribution is 2.24. The average molecular weight is 307 g/mol. The van der Waals surface area contributed by atoms with Crippen LogP contribution in [-0.4, -0.2) is 47.4 Å². The number of hydrogen-bond donors (Lipinski definition) is 3. The molecule has 0 radical (unpaired) electrons. The van der Waals surface area contributed by atoms with Crippen LogP contribution in [0.25, 0.3) is 0 Å². The molecule has 1 saturated heterocycles. The van der Waals surface area contributed by atoms with Crippen LogP contribution in [0.15, 0.2) is 18.2 Å². The Hall–Kier alpha value is -1.17. The Labute approximate surface area is 121 Å². The van der Waals surface area contributed by atoms with E-state index in [1.54, 1.807) is 11.0 Å². The summed E-state index contributed by atoms with van der Waals surface area (Å²) in [6.45, 7) is 2.34. The van der Waals surface area contributed by atoms with Gasteiger partial charge < -0.3 is 20.4 Å². The lowest BCUT2D eigenvalue weighted by atomic mass is 10.3. The highest BCUT2D eigenvalue weighted by molar-refractivity contribution is 6.42. The molecule has 1 aliphatic heterocycles. The molecule has 1 fully saturated rings. The highest BCUT2D eigenvalue weighted by Gasteiger charge is 2.17. The third-order valence-electron chi connectivity index (χ3n) is 2.43. The lowest BCUT2D eigenvalue weighted by Gasteiger charge is -2.11. The third-order valence-corrected chi connectivity index (χ3v) is 3.17. The van der Waals surface area contributed by atoms with E-state index in [0.717, 1.165) is 13.1 Å². The minimum Gasteiger partial charge on any atom is -0.508 e. The second-order valence-corrected chi connectivity index (χ2v) is 4.71.